The third-order valence-electron chi connectivity index (χ3n) is 1.88. The molecule has 0 aromatic heterocycles. The van der Waals surface area contributed by atoms with Crippen LogP contribution in [0.25, 0.3) is 0 Å². The van der Waals surface area contributed by atoms with Crippen molar-refractivity contribution < 1.29 is 14.7 Å². The maximum Gasteiger partial charge on any atom is 0.320 e. The molecular formula is C9H18N2O3. The normalized spacial score (nSPS) is 15.1. The van der Waals surface area contributed by atoms with E-state index in [4.69, 9.17) is 10.8 Å². The Balaban J connectivity index is 4.23. The summed E-state index contributed by atoms with van der Waals surface area (Å²) in [6.45, 7) is 5.40. The second-order valence-corrected chi connectivity index (χ2v) is 3.81. The van der Waals surface area contributed by atoms with Crippen molar-refractivity contribution in [3.05, 3.63) is 0 Å². The summed E-state index contributed by atoms with van der Waals surface area (Å²) in [5, 5.41) is 11.5. The van der Waals surface area contributed by atoms with Crippen molar-refractivity contribution >= 4 is 11.9 Å². The van der Waals surface area contributed by atoms with Crippen molar-refractivity contribution in [1.29, 1.82) is 0 Å². The molecule has 1 amide bonds. The van der Waals surface area contributed by atoms with Crippen LogP contribution in [0.2, 0.25) is 0 Å². The zero-order valence-corrected chi connectivity index (χ0v) is 8.78. The largest absolute Gasteiger partial charge is 0.480 e. The molecular weight excluding hydrogens is 184 g/mol. The number of hydrogen-bond donors (Lipinski definition) is 3. The Hall–Kier alpha value is -1.10. The van der Waals surface area contributed by atoms with E-state index in [9.17, 15) is 9.59 Å². The second kappa shape index (κ2) is 5.59. The van der Waals surface area contributed by atoms with Gasteiger partial charge in [0.2, 0.25) is 5.91 Å². The molecule has 0 aliphatic heterocycles. The summed E-state index contributed by atoms with van der Waals surface area (Å²) in [6, 6.07) is -1.33. The van der Waals surface area contributed by atoms with E-state index < -0.39 is 24.0 Å². The Labute approximate surface area is 83.7 Å². The molecule has 82 valence electrons. The van der Waals surface area contributed by atoms with Crippen LogP contribution < -0.4 is 11.1 Å². The number of aliphatic carboxylic acids is 1. The first kappa shape index (κ1) is 12.9. The fourth-order valence-corrected chi connectivity index (χ4v) is 1.10. The number of carboxylic acid groups (broad SMARTS) is 1. The zero-order valence-electron chi connectivity index (χ0n) is 8.78. The Morgan fingerprint density at radius 1 is 1.36 bits per heavy atom. The summed E-state index contributed by atoms with van der Waals surface area (Å²) in [5.41, 5.74) is 5.02. The molecule has 0 spiro atoms. The molecule has 0 fully saturated rings. The molecule has 0 saturated heterocycles. The first-order valence-electron chi connectivity index (χ1n) is 4.62. The van der Waals surface area contributed by atoms with E-state index in [1.165, 1.54) is 0 Å². The Bertz CT molecular complexity index is 216. The van der Waals surface area contributed by atoms with E-state index in [0.29, 0.717) is 6.42 Å². The van der Waals surface area contributed by atoms with Crippen LogP contribution in [0.5, 0.6) is 0 Å². The minimum Gasteiger partial charge on any atom is -0.480 e. The monoisotopic (exact) mass is 202 g/mol. The maximum atomic E-state index is 10.8. The van der Waals surface area contributed by atoms with Crippen molar-refractivity contribution in [2.45, 2.75) is 39.3 Å². The van der Waals surface area contributed by atoms with E-state index in [2.05, 4.69) is 5.32 Å². The van der Waals surface area contributed by atoms with E-state index in [-0.39, 0.29) is 5.92 Å². The van der Waals surface area contributed by atoms with Crippen LogP contribution in [0.4, 0.5) is 0 Å². The van der Waals surface area contributed by atoms with Gasteiger partial charge in [-0.3, -0.25) is 14.9 Å². The van der Waals surface area contributed by atoms with Crippen LogP contribution >= 0.6 is 0 Å². The highest BCUT2D eigenvalue weighted by atomic mass is 16.4. The van der Waals surface area contributed by atoms with Crippen LogP contribution in [0.15, 0.2) is 0 Å². The van der Waals surface area contributed by atoms with E-state index >= 15 is 0 Å². The minimum absolute atomic E-state index is 0.253. The van der Waals surface area contributed by atoms with Gasteiger partial charge in [-0.2, -0.15) is 0 Å². The van der Waals surface area contributed by atoms with Crippen LogP contribution in [0, 0.1) is 5.92 Å². The Morgan fingerprint density at radius 3 is 2.14 bits per heavy atom. The highest BCUT2D eigenvalue weighted by Gasteiger charge is 2.22. The van der Waals surface area contributed by atoms with Gasteiger partial charge >= 0.3 is 5.97 Å². The molecule has 0 aromatic carbocycles. The van der Waals surface area contributed by atoms with E-state index in [0.717, 1.165) is 0 Å². The van der Waals surface area contributed by atoms with Crippen LogP contribution in [-0.4, -0.2) is 29.1 Å². The molecule has 0 rings (SSSR count). The smallest absolute Gasteiger partial charge is 0.320 e. The van der Waals surface area contributed by atoms with Gasteiger partial charge in [0.15, 0.2) is 0 Å². The van der Waals surface area contributed by atoms with Crippen LogP contribution in [0.3, 0.4) is 0 Å². The molecule has 0 heterocycles. The quantitative estimate of drug-likeness (QED) is 0.563. The molecule has 0 radical (unpaired) electrons. The molecule has 2 unspecified atom stereocenters. The average Bonchev–Trinajstić information content (AvgIpc) is 2.01. The molecule has 2 atom stereocenters. The zero-order chi connectivity index (χ0) is 11.3. The van der Waals surface area contributed by atoms with Crippen molar-refractivity contribution in [2.24, 2.45) is 11.7 Å². The molecule has 0 aromatic rings. The Morgan fingerprint density at radius 2 is 1.86 bits per heavy atom. The van der Waals surface area contributed by atoms with E-state index in [1.807, 2.05) is 13.8 Å². The van der Waals surface area contributed by atoms with Gasteiger partial charge < -0.3 is 10.8 Å². The molecule has 5 nitrogen and oxygen atoms in total. The van der Waals surface area contributed by atoms with Crippen molar-refractivity contribution in [1.82, 2.24) is 5.32 Å². The number of primary amides is 1. The predicted molar refractivity (Wildman–Crippen MR) is 52.7 cm³/mol. The Kier molecular flexibility index (Phi) is 5.15. The lowest BCUT2D eigenvalue weighted by molar-refractivity contribution is -0.140. The molecule has 0 aliphatic rings. The lowest BCUT2D eigenvalue weighted by Crippen LogP contribution is -2.48. The molecule has 4 N–H and O–H groups in total. The maximum absolute atomic E-state index is 10.8. The van der Waals surface area contributed by atoms with Crippen LogP contribution in [0.1, 0.15) is 27.2 Å². The number of nitrogens with two attached hydrogens (primary N) is 1. The topological polar surface area (TPSA) is 92.4 Å². The summed E-state index contributed by atoms with van der Waals surface area (Å²) >= 11 is 0. The number of rotatable bonds is 6. The molecule has 0 aliphatic carbocycles. The van der Waals surface area contributed by atoms with Gasteiger partial charge in [-0.15, -0.1) is 0 Å². The summed E-state index contributed by atoms with van der Waals surface area (Å²) in [4.78, 5) is 21.5. The molecule has 0 saturated carbocycles. The first-order chi connectivity index (χ1) is 6.34. The SMILES string of the molecule is CC(C)CC(NC(C)C(N)=O)C(=O)O. The highest BCUT2D eigenvalue weighted by molar-refractivity contribution is 5.81. The van der Waals surface area contributed by atoms with Gasteiger partial charge in [-0.05, 0) is 19.3 Å². The van der Waals surface area contributed by atoms with Gasteiger partial charge in [-0.25, -0.2) is 0 Å². The number of hydrogen-bond acceptors (Lipinski definition) is 3. The lowest BCUT2D eigenvalue weighted by Gasteiger charge is -2.19. The van der Waals surface area contributed by atoms with Gasteiger partial charge in [0.25, 0.3) is 0 Å². The number of nitrogens with one attached hydrogen (secondary N) is 1. The van der Waals surface area contributed by atoms with Gasteiger partial charge in [0.05, 0.1) is 6.04 Å². The van der Waals surface area contributed by atoms with Crippen LogP contribution in [-0.2, 0) is 9.59 Å². The van der Waals surface area contributed by atoms with Crippen molar-refractivity contribution in [3.8, 4) is 0 Å². The van der Waals surface area contributed by atoms with E-state index in [1.54, 1.807) is 6.92 Å². The lowest BCUT2D eigenvalue weighted by atomic mass is 10.0. The summed E-state index contributed by atoms with van der Waals surface area (Å²) < 4.78 is 0. The first-order valence-corrected chi connectivity index (χ1v) is 4.62. The molecule has 14 heavy (non-hydrogen) atoms. The predicted octanol–water partition coefficient (Wildman–Crippen LogP) is -0.0509. The number of carboxylic acids is 1. The fourth-order valence-electron chi connectivity index (χ4n) is 1.10. The van der Waals surface area contributed by atoms with Gasteiger partial charge in [0.1, 0.15) is 6.04 Å². The summed E-state index contributed by atoms with van der Waals surface area (Å²) in [6.07, 6.45) is 0.479. The third-order valence-corrected chi connectivity index (χ3v) is 1.88. The molecule has 0 bridgehead atoms. The third kappa shape index (κ3) is 4.81. The number of amides is 1. The summed E-state index contributed by atoms with van der Waals surface area (Å²) in [7, 11) is 0. The fraction of sp³-hybridized carbons (Fsp3) is 0.778. The van der Waals surface area contributed by atoms with Gasteiger partial charge in [-0.1, -0.05) is 13.8 Å². The van der Waals surface area contributed by atoms with Gasteiger partial charge in [0, 0.05) is 0 Å². The summed E-state index contributed by atoms with van der Waals surface area (Å²) in [5.74, 6) is -1.24. The second-order valence-electron chi connectivity index (χ2n) is 3.81. The standard InChI is InChI=1S/C9H18N2O3/c1-5(2)4-7(9(13)14)11-6(3)8(10)12/h5-7,11H,4H2,1-3H3,(H2,10,12)(H,13,14). The number of carbonyl (C=O) groups is 2. The molecule has 5 heteroatoms. The number of carbonyl (C=O) groups excluding carboxylic acids is 1. The van der Waals surface area contributed by atoms with Crippen molar-refractivity contribution in [3.63, 3.8) is 0 Å². The minimum atomic E-state index is -0.952. The van der Waals surface area contributed by atoms with Crippen molar-refractivity contribution in [2.75, 3.05) is 0 Å². The average molecular weight is 202 g/mol. The highest BCUT2D eigenvalue weighted by Crippen LogP contribution is 2.05.